The molecule has 0 amide bonds. The van der Waals surface area contributed by atoms with Gasteiger partial charge in [-0.25, -0.2) is 23.1 Å². The molecule has 0 aliphatic carbocycles. The van der Waals surface area contributed by atoms with Gasteiger partial charge >= 0.3 is 0 Å². The lowest BCUT2D eigenvalue weighted by molar-refractivity contribution is -0.395. The van der Waals surface area contributed by atoms with Crippen LogP contribution in [0.2, 0.25) is 0 Å². The second-order valence-electron chi connectivity index (χ2n) is 7.52. The molecule has 36 heavy (non-hydrogen) atoms. The summed E-state index contributed by atoms with van der Waals surface area (Å²) >= 11 is 0. The van der Waals surface area contributed by atoms with Gasteiger partial charge in [-0.3, -0.25) is 25.0 Å². The molecule has 0 atom stereocenters. The van der Waals surface area contributed by atoms with Crippen molar-refractivity contribution >= 4 is 38.6 Å². The van der Waals surface area contributed by atoms with Crippen LogP contribution in [0.25, 0.3) is 5.82 Å². The summed E-state index contributed by atoms with van der Waals surface area (Å²) in [6, 6.07) is 11.1. The van der Waals surface area contributed by atoms with E-state index in [9.17, 15) is 28.6 Å². The SMILES string of the molecule is Cc1nc(Nc2ccc(NS(=O)(=O)c3cc([N+](=O)[O-])c(C)c([N+](=O)[O-])c3)cc2)cc(-n2cccn2)n1. The van der Waals surface area contributed by atoms with Gasteiger partial charge in [0.05, 0.1) is 9.85 Å². The zero-order valence-electron chi connectivity index (χ0n) is 18.8. The molecule has 0 saturated heterocycles. The Morgan fingerprint density at radius 2 is 1.53 bits per heavy atom. The first-order valence-electron chi connectivity index (χ1n) is 10.2. The largest absolute Gasteiger partial charge is 0.340 e. The van der Waals surface area contributed by atoms with Crippen LogP contribution >= 0.6 is 0 Å². The van der Waals surface area contributed by atoms with Crippen molar-refractivity contribution in [3.8, 4) is 5.82 Å². The van der Waals surface area contributed by atoms with Crippen molar-refractivity contribution in [1.29, 1.82) is 0 Å². The number of hydrogen-bond acceptors (Lipinski definition) is 10. The zero-order chi connectivity index (χ0) is 26.0. The van der Waals surface area contributed by atoms with Crippen molar-refractivity contribution in [1.82, 2.24) is 19.7 Å². The monoisotopic (exact) mass is 510 g/mol. The van der Waals surface area contributed by atoms with E-state index in [-0.39, 0.29) is 11.3 Å². The van der Waals surface area contributed by atoms with Gasteiger partial charge in [0.25, 0.3) is 21.4 Å². The highest BCUT2D eigenvalue weighted by Crippen LogP contribution is 2.32. The third-order valence-electron chi connectivity index (χ3n) is 5.00. The molecule has 0 bridgehead atoms. The fourth-order valence-corrected chi connectivity index (χ4v) is 4.41. The number of sulfonamides is 1. The number of hydrogen-bond donors (Lipinski definition) is 2. The van der Waals surface area contributed by atoms with Crippen molar-refractivity contribution in [2.45, 2.75) is 18.7 Å². The molecule has 4 aromatic rings. The second-order valence-corrected chi connectivity index (χ2v) is 9.20. The molecule has 15 heteroatoms. The average Bonchev–Trinajstić information content (AvgIpc) is 3.34. The predicted molar refractivity (Wildman–Crippen MR) is 129 cm³/mol. The number of nitro groups is 2. The van der Waals surface area contributed by atoms with Crippen LogP contribution < -0.4 is 10.0 Å². The van der Waals surface area contributed by atoms with E-state index in [1.807, 2.05) is 0 Å². The first-order valence-corrected chi connectivity index (χ1v) is 11.7. The number of nitrogens with zero attached hydrogens (tertiary/aromatic N) is 6. The number of nitro benzene ring substituents is 2. The summed E-state index contributed by atoms with van der Waals surface area (Å²) in [7, 11) is -4.36. The number of rotatable bonds is 8. The summed E-state index contributed by atoms with van der Waals surface area (Å²) in [6.07, 6.45) is 3.36. The highest BCUT2D eigenvalue weighted by atomic mass is 32.2. The van der Waals surface area contributed by atoms with Crippen LogP contribution in [0, 0.1) is 34.1 Å². The Bertz CT molecular complexity index is 1540. The summed E-state index contributed by atoms with van der Waals surface area (Å²) in [4.78, 5) is 28.9. The lowest BCUT2D eigenvalue weighted by Gasteiger charge is -2.11. The molecule has 2 aromatic carbocycles. The van der Waals surface area contributed by atoms with Crippen molar-refractivity contribution in [2.24, 2.45) is 0 Å². The van der Waals surface area contributed by atoms with Gasteiger partial charge in [0.1, 0.15) is 22.1 Å². The number of anilines is 3. The average molecular weight is 510 g/mol. The minimum atomic E-state index is -4.36. The zero-order valence-corrected chi connectivity index (χ0v) is 19.6. The summed E-state index contributed by atoms with van der Waals surface area (Å²) in [6.45, 7) is 2.92. The van der Waals surface area contributed by atoms with Gasteiger partial charge in [0.2, 0.25) is 0 Å². The molecule has 184 valence electrons. The van der Waals surface area contributed by atoms with Crippen molar-refractivity contribution < 1.29 is 18.3 Å². The maximum Gasteiger partial charge on any atom is 0.280 e. The molecular formula is C21H18N8O6S. The molecule has 2 N–H and O–H groups in total. The molecule has 0 spiro atoms. The Kier molecular flexibility index (Phi) is 6.31. The number of aromatic nitrogens is 4. The maximum absolute atomic E-state index is 12.8. The maximum atomic E-state index is 12.8. The Morgan fingerprint density at radius 3 is 2.08 bits per heavy atom. The van der Waals surface area contributed by atoms with E-state index in [2.05, 4.69) is 25.1 Å². The Balaban J connectivity index is 1.56. The van der Waals surface area contributed by atoms with E-state index in [4.69, 9.17) is 0 Å². The van der Waals surface area contributed by atoms with Crippen LogP contribution in [0.5, 0.6) is 0 Å². The van der Waals surface area contributed by atoms with Crippen LogP contribution in [-0.2, 0) is 10.0 Å². The molecule has 0 saturated carbocycles. The highest BCUT2D eigenvalue weighted by molar-refractivity contribution is 7.92. The molecule has 4 rings (SSSR count). The van der Waals surface area contributed by atoms with Gasteiger partial charge < -0.3 is 5.32 Å². The van der Waals surface area contributed by atoms with E-state index < -0.39 is 36.1 Å². The van der Waals surface area contributed by atoms with Crippen molar-refractivity contribution in [2.75, 3.05) is 10.0 Å². The molecule has 0 aliphatic heterocycles. The van der Waals surface area contributed by atoms with E-state index in [1.54, 1.807) is 48.3 Å². The van der Waals surface area contributed by atoms with Crippen LogP contribution in [-0.4, -0.2) is 38.0 Å². The van der Waals surface area contributed by atoms with Gasteiger partial charge in [-0.2, -0.15) is 5.10 Å². The standard InChI is InChI=1S/C21H18N8O6S/c1-13-18(28(30)31)10-17(11-19(13)29(32)33)36(34,35)26-16-6-4-15(5-7-16)25-20-12-21(24-14(2)23-20)27-9-3-8-22-27/h3-12,26H,1-2H3,(H,23,24,25). The third kappa shape index (κ3) is 5.10. The van der Waals surface area contributed by atoms with Crippen LogP contribution in [0.4, 0.5) is 28.6 Å². The quantitative estimate of drug-likeness (QED) is 0.261. The summed E-state index contributed by atoms with van der Waals surface area (Å²) in [5, 5.41) is 29.8. The van der Waals surface area contributed by atoms with Gasteiger partial charge in [-0.1, -0.05) is 0 Å². The van der Waals surface area contributed by atoms with E-state index in [0.717, 1.165) is 12.1 Å². The lowest BCUT2D eigenvalue weighted by atomic mass is 10.1. The summed E-state index contributed by atoms with van der Waals surface area (Å²) in [5.41, 5.74) is -0.848. The topological polar surface area (TPSA) is 188 Å². The molecule has 14 nitrogen and oxygen atoms in total. The summed E-state index contributed by atoms with van der Waals surface area (Å²) < 4.78 is 29.5. The molecule has 0 fully saturated rings. The van der Waals surface area contributed by atoms with E-state index in [0.29, 0.717) is 23.1 Å². The second kappa shape index (κ2) is 9.38. The number of nitrogens with one attached hydrogen (secondary N) is 2. The molecule has 0 aliphatic rings. The van der Waals surface area contributed by atoms with Crippen LogP contribution in [0.3, 0.4) is 0 Å². The van der Waals surface area contributed by atoms with Gasteiger partial charge in [-0.15, -0.1) is 0 Å². The van der Waals surface area contributed by atoms with E-state index >= 15 is 0 Å². The smallest absolute Gasteiger partial charge is 0.280 e. The fraction of sp³-hybridized carbons (Fsp3) is 0.0952. The van der Waals surface area contributed by atoms with Crippen LogP contribution in [0.15, 0.2) is 65.8 Å². The molecule has 2 aromatic heterocycles. The minimum Gasteiger partial charge on any atom is -0.340 e. The highest BCUT2D eigenvalue weighted by Gasteiger charge is 2.28. The molecule has 0 unspecified atom stereocenters. The fourth-order valence-electron chi connectivity index (χ4n) is 3.31. The molecular weight excluding hydrogens is 492 g/mol. The first kappa shape index (κ1) is 24.2. The first-order chi connectivity index (χ1) is 17.0. The molecule has 0 radical (unpaired) electrons. The number of aryl methyl sites for hydroxylation is 1. The molecule has 2 heterocycles. The van der Waals surface area contributed by atoms with Gasteiger partial charge in [0.15, 0.2) is 5.82 Å². The lowest BCUT2D eigenvalue weighted by Crippen LogP contribution is -2.14. The number of benzene rings is 2. The Hall–Kier alpha value is -4.92. The Labute approximate surface area is 204 Å². The minimum absolute atomic E-state index is 0.141. The van der Waals surface area contributed by atoms with Crippen molar-refractivity contribution in [3.63, 3.8) is 0 Å². The Morgan fingerprint density at radius 1 is 0.917 bits per heavy atom. The summed E-state index contributed by atoms with van der Waals surface area (Å²) in [5.74, 6) is 1.55. The predicted octanol–water partition coefficient (Wildman–Crippen LogP) is 3.64. The third-order valence-corrected chi connectivity index (χ3v) is 6.36. The van der Waals surface area contributed by atoms with Gasteiger partial charge in [-0.05, 0) is 44.2 Å². The van der Waals surface area contributed by atoms with Gasteiger partial charge in [0, 0.05) is 42.0 Å². The van der Waals surface area contributed by atoms with Crippen LogP contribution in [0.1, 0.15) is 11.4 Å². The van der Waals surface area contributed by atoms with E-state index in [1.165, 1.54) is 19.1 Å². The normalized spacial score (nSPS) is 11.2. The van der Waals surface area contributed by atoms with Crippen molar-refractivity contribution in [3.05, 3.63) is 92.5 Å².